The number of piperidine rings is 1. The van der Waals surface area contributed by atoms with Crippen molar-refractivity contribution in [3.8, 4) is 0 Å². The number of aliphatic imine (C=N–C) groups is 1. The summed E-state index contributed by atoms with van der Waals surface area (Å²) in [6, 6.07) is 5.37. The lowest BCUT2D eigenvalue weighted by atomic mass is 9.97. The van der Waals surface area contributed by atoms with Gasteiger partial charge in [0.25, 0.3) is 0 Å². The van der Waals surface area contributed by atoms with Crippen LogP contribution in [-0.2, 0) is 0 Å². The molecule has 1 atom stereocenters. The molecule has 2 aliphatic rings. The van der Waals surface area contributed by atoms with Crippen LogP contribution in [0.1, 0.15) is 43.5 Å². The summed E-state index contributed by atoms with van der Waals surface area (Å²) in [5.41, 5.74) is 0. The van der Waals surface area contributed by atoms with Crippen LogP contribution in [0.25, 0.3) is 0 Å². The van der Waals surface area contributed by atoms with Crippen LogP contribution < -0.4 is 10.6 Å². The van der Waals surface area contributed by atoms with Gasteiger partial charge in [-0.15, -0.1) is 35.3 Å². The maximum atomic E-state index is 4.41. The number of rotatable bonds is 5. The molecule has 1 aromatic rings. The molecule has 3 rings (SSSR count). The highest BCUT2D eigenvalue weighted by molar-refractivity contribution is 14.0. The first-order valence-electron chi connectivity index (χ1n) is 9.16. The monoisotopic (exact) mass is 474 g/mol. The minimum atomic E-state index is 0. The lowest BCUT2D eigenvalue weighted by Crippen LogP contribution is -2.47. The number of hydrogen-bond donors (Lipinski definition) is 2. The highest BCUT2D eigenvalue weighted by Gasteiger charge is 2.25. The topological polar surface area (TPSA) is 39.7 Å². The van der Waals surface area contributed by atoms with Crippen LogP contribution >= 0.6 is 35.3 Å². The lowest BCUT2D eigenvalue weighted by molar-refractivity contribution is 0.140. The first kappa shape index (κ1) is 20.7. The highest BCUT2D eigenvalue weighted by Crippen LogP contribution is 2.29. The van der Waals surface area contributed by atoms with E-state index in [0.29, 0.717) is 12.1 Å². The van der Waals surface area contributed by atoms with Gasteiger partial charge in [-0.3, -0.25) is 9.89 Å². The van der Waals surface area contributed by atoms with E-state index >= 15 is 0 Å². The van der Waals surface area contributed by atoms with E-state index in [4.69, 9.17) is 0 Å². The maximum absolute atomic E-state index is 4.41. The Morgan fingerprint density at radius 1 is 1.32 bits per heavy atom. The van der Waals surface area contributed by atoms with E-state index in [0.717, 1.165) is 31.3 Å². The first-order chi connectivity index (χ1) is 11.8. The standard InChI is InChI=1S/C19H30N4S.HI/c1-15-9-11-23(12-10-15)17(18-8-5-13-24-18)14-21-19(20-2)22-16-6-3-4-7-16;/h3-5,8,13,15-17H,6-7,9-12,14H2,1-2H3,(H2,20,21,22);1H. The van der Waals surface area contributed by atoms with Gasteiger partial charge in [0.15, 0.2) is 5.96 Å². The van der Waals surface area contributed by atoms with Gasteiger partial charge in [0.1, 0.15) is 0 Å². The smallest absolute Gasteiger partial charge is 0.191 e. The number of hydrogen-bond acceptors (Lipinski definition) is 3. The molecule has 4 nitrogen and oxygen atoms in total. The van der Waals surface area contributed by atoms with Crippen LogP contribution in [0.2, 0.25) is 0 Å². The van der Waals surface area contributed by atoms with Crippen molar-refractivity contribution >= 4 is 41.3 Å². The Balaban J connectivity index is 0.00000225. The Bertz CT molecular complexity index is 542. The third-order valence-corrected chi connectivity index (χ3v) is 6.14. The third-order valence-electron chi connectivity index (χ3n) is 5.17. The van der Waals surface area contributed by atoms with Gasteiger partial charge in [0, 0.05) is 24.5 Å². The molecule has 0 aromatic carbocycles. The van der Waals surface area contributed by atoms with Crippen LogP contribution in [0.15, 0.2) is 34.7 Å². The van der Waals surface area contributed by atoms with E-state index in [1.165, 1.54) is 30.8 Å². The summed E-state index contributed by atoms with van der Waals surface area (Å²) in [6.45, 7) is 5.68. The Labute approximate surface area is 173 Å². The van der Waals surface area contributed by atoms with Gasteiger partial charge in [-0.1, -0.05) is 25.1 Å². The Morgan fingerprint density at radius 3 is 2.64 bits per heavy atom. The predicted molar refractivity (Wildman–Crippen MR) is 119 cm³/mol. The second-order valence-electron chi connectivity index (χ2n) is 6.99. The molecule has 0 radical (unpaired) electrons. The average molecular weight is 474 g/mol. The zero-order valence-corrected chi connectivity index (χ0v) is 18.4. The van der Waals surface area contributed by atoms with Crippen molar-refractivity contribution in [3.63, 3.8) is 0 Å². The molecule has 0 amide bonds. The second kappa shape index (κ2) is 10.5. The molecule has 1 unspecified atom stereocenters. The molecule has 1 fully saturated rings. The summed E-state index contributed by atoms with van der Waals surface area (Å²) in [5.74, 6) is 1.79. The highest BCUT2D eigenvalue weighted by atomic mass is 127. The van der Waals surface area contributed by atoms with Gasteiger partial charge in [-0.05, 0) is 56.1 Å². The van der Waals surface area contributed by atoms with E-state index in [9.17, 15) is 0 Å². The first-order valence-corrected chi connectivity index (χ1v) is 10.0. The van der Waals surface area contributed by atoms with Gasteiger partial charge < -0.3 is 10.6 Å². The number of halogens is 1. The van der Waals surface area contributed by atoms with E-state index in [-0.39, 0.29) is 24.0 Å². The molecule has 0 spiro atoms. The molecule has 140 valence electrons. The summed E-state index contributed by atoms with van der Waals surface area (Å²) >= 11 is 1.87. The summed E-state index contributed by atoms with van der Waals surface area (Å²) in [5, 5.41) is 9.29. The van der Waals surface area contributed by atoms with E-state index < -0.39 is 0 Å². The SMILES string of the molecule is CN=C(NCC(c1cccs1)N1CCC(C)CC1)NC1CC=CC1.I. The van der Waals surface area contributed by atoms with E-state index in [2.05, 4.69) is 57.1 Å². The minimum Gasteiger partial charge on any atom is -0.354 e. The second-order valence-corrected chi connectivity index (χ2v) is 7.97. The lowest BCUT2D eigenvalue weighted by Gasteiger charge is -2.36. The average Bonchev–Trinajstić information content (AvgIpc) is 3.29. The molecule has 0 saturated carbocycles. The van der Waals surface area contributed by atoms with E-state index in [1.807, 2.05) is 18.4 Å². The van der Waals surface area contributed by atoms with Crippen molar-refractivity contribution in [2.45, 2.75) is 44.7 Å². The summed E-state index contributed by atoms with van der Waals surface area (Å²) in [4.78, 5) is 8.51. The molecule has 25 heavy (non-hydrogen) atoms. The molecule has 1 saturated heterocycles. The fraction of sp³-hybridized carbons (Fsp3) is 0.632. The van der Waals surface area contributed by atoms with Crippen LogP contribution in [0.5, 0.6) is 0 Å². The third kappa shape index (κ3) is 5.96. The van der Waals surface area contributed by atoms with Gasteiger partial charge in [0.2, 0.25) is 0 Å². The predicted octanol–water partition coefficient (Wildman–Crippen LogP) is 4.02. The summed E-state index contributed by atoms with van der Waals surface area (Å²) in [7, 11) is 1.86. The van der Waals surface area contributed by atoms with Crippen LogP contribution in [0.3, 0.4) is 0 Å². The minimum absolute atomic E-state index is 0. The molecule has 1 aliphatic carbocycles. The van der Waals surface area contributed by atoms with Crippen molar-refractivity contribution in [2.24, 2.45) is 10.9 Å². The molecule has 2 N–H and O–H groups in total. The molecular weight excluding hydrogens is 443 g/mol. The van der Waals surface area contributed by atoms with Gasteiger partial charge in [0.05, 0.1) is 6.04 Å². The molecular formula is C19H31IN4S. The Morgan fingerprint density at radius 2 is 2.04 bits per heavy atom. The zero-order chi connectivity index (χ0) is 16.8. The quantitative estimate of drug-likeness (QED) is 0.293. The van der Waals surface area contributed by atoms with Gasteiger partial charge >= 0.3 is 0 Å². The van der Waals surface area contributed by atoms with Crippen molar-refractivity contribution in [2.75, 3.05) is 26.7 Å². The normalized spacial score (nSPS) is 21.1. The van der Waals surface area contributed by atoms with Crippen molar-refractivity contribution in [1.29, 1.82) is 0 Å². The van der Waals surface area contributed by atoms with Gasteiger partial charge in [-0.25, -0.2) is 0 Å². The summed E-state index contributed by atoms with van der Waals surface area (Å²) < 4.78 is 0. The number of thiophene rings is 1. The number of guanidine groups is 1. The molecule has 0 bridgehead atoms. The van der Waals surface area contributed by atoms with Crippen LogP contribution in [-0.4, -0.2) is 43.6 Å². The Hall–Kier alpha value is -0.600. The largest absolute Gasteiger partial charge is 0.354 e. The van der Waals surface area contributed by atoms with Crippen molar-refractivity contribution < 1.29 is 0 Å². The number of likely N-dealkylation sites (tertiary alicyclic amines) is 1. The molecule has 2 heterocycles. The fourth-order valence-corrected chi connectivity index (χ4v) is 4.41. The maximum Gasteiger partial charge on any atom is 0.191 e. The van der Waals surface area contributed by atoms with Crippen molar-refractivity contribution in [1.82, 2.24) is 15.5 Å². The van der Waals surface area contributed by atoms with Gasteiger partial charge in [-0.2, -0.15) is 0 Å². The molecule has 1 aliphatic heterocycles. The number of nitrogens with one attached hydrogen (secondary N) is 2. The molecule has 6 heteroatoms. The molecule has 1 aromatic heterocycles. The fourth-order valence-electron chi connectivity index (χ4n) is 3.55. The Kier molecular flexibility index (Phi) is 8.72. The zero-order valence-electron chi connectivity index (χ0n) is 15.3. The van der Waals surface area contributed by atoms with E-state index in [1.54, 1.807) is 0 Å². The van der Waals surface area contributed by atoms with Crippen molar-refractivity contribution in [3.05, 3.63) is 34.5 Å². The van der Waals surface area contributed by atoms with Crippen LogP contribution in [0, 0.1) is 5.92 Å². The van der Waals surface area contributed by atoms with Crippen LogP contribution in [0.4, 0.5) is 0 Å². The number of nitrogens with zero attached hydrogens (tertiary/aromatic N) is 2. The summed E-state index contributed by atoms with van der Waals surface area (Å²) in [6.07, 6.45) is 9.30.